The molecule has 0 bridgehead atoms. The molecule has 160 valence electrons. The zero-order chi connectivity index (χ0) is 21.7. The molecule has 0 aliphatic carbocycles. The molecule has 2 aromatic rings. The summed E-state index contributed by atoms with van der Waals surface area (Å²) in [5.41, 5.74) is 2.82. The van der Waals surface area contributed by atoms with Crippen molar-refractivity contribution in [2.24, 2.45) is 5.92 Å². The van der Waals surface area contributed by atoms with E-state index in [9.17, 15) is 4.79 Å². The van der Waals surface area contributed by atoms with Crippen molar-refractivity contribution in [3.8, 4) is 11.5 Å². The summed E-state index contributed by atoms with van der Waals surface area (Å²) in [6.07, 6.45) is 2.32. The zero-order valence-corrected chi connectivity index (χ0v) is 20.5. The molecule has 30 heavy (non-hydrogen) atoms. The van der Waals surface area contributed by atoms with Gasteiger partial charge in [-0.1, -0.05) is 36.8 Å². The second kappa shape index (κ2) is 10.4. The number of nitrogens with one attached hydrogen (secondary N) is 1. The van der Waals surface area contributed by atoms with Crippen molar-refractivity contribution in [2.45, 2.75) is 26.7 Å². The Kier molecular flexibility index (Phi) is 7.93. The first-order valence-electron chi connectivity index (χ1n) is 10.0. The molecule has 0 radical (unpaired) electrons. The topological polar surface area (TPSA) is 50.8 Å². The van der Waals surface area contributed by atoms with Crippen LogP contribution in [0.1, 0.15) is 30.9 Å². The van der Waals surface area contributed by atoms with Gasteiger partial charge in [-0.15, -0.1) is 0 Å². The predicted octanol–water partition coefficient (Wildman–Crippen LogP) is 5.03. The number of nitrogens with zero attached hydrogens (tertiary/aromatic N) is 1. The molecule has 0 atom stereocenters. The van der Waals surface area contributed by atoms with Gasteiger partial charge in [0.25, 0.3) is 5.91 Å². The maximum atomic E-state index is 12.3. The molecule has 1 aliphatic rings. The van der Waals surface area contributed by atoms with Crippen molar-refractivity contribution >= 4 is 51.4 Å². The largest absolute Gasteiger partial charge is 0.493 e. The van der Waals surface area contributed by atoms with Crippen LogP contribution >= 0.6 is 34.8 Å². The van der Waals surface area contributed by atoms with Gasteiger partial charge in [0, 0.05) is 24.3 Å². The van der Waals surface area contributed by atoms with Crippen LogP contribution in [0, 0.1) is 16.4 Å². The molecule has 1 N–H and O–H groups in total. The maximum absolute atomic E-state index is 12.3. The van der Waals surface area contributed by atoms with Crippen LogP contribution in [-0.2, 0) is 4.79 Å². The number of ether oxygens (including phenoxy) is 2. The van der Waals surface area contributed by atoms with E-state index in [4.69, 9.17) is 21.7 Å². The van der Waals surface area contributed by atoms with Crippen molar-refractivity contribution in [1.29, 1.82) is 0 Å². The number of piperidine rings is 1. The molecule has 0 aromatic heterocycles. The number of hydrogen-bond donors (Lipinski definition) is 1. The first kappa shape index (κ1) is 22.8. The minimum atomic E-state index is -0.223. The zero-order valence-electron chi connectivity index (χ0n) is 17.5. The van der Waals surface area contributed by atoms with E-state index in [2.05, 4.69) is 39.7 Å². The number of anilines is 1. The number of rotatable bonds is 6. The number of methoxy groups -OCH3 is 1. The van der Waals surface area contributed by atoms with E-state index in [-0.39, 0.29) is 12.5 Å². The number of hydrogen-bond acceptors (Lipinski definition) is 4. The van der Waals surface area contributed by atoms with Gasteiger partial charge in [-0.2, -0.15) is 0 Å². The SMILES string of the molecule is COc1cc(C(=S)N2CCC(C)CC2)cc(I)c1OCC(=O)Nc1ccc(C)cc1. The normalized spacial score (nSPS) is 14.3. The Morgan fingerprint density at radius 1 is 1.23 bits per heavy atom. The van der Waals surface area contributed by atoms with E-state index >= 15 is 0 Å². The second-order valence-corrected chi connectivity index (χ2v) is 9.22. The third-order valence-corrected chi connectivity index (χ3v) is 6.53. The molecular weight excluding hydrogens is 511 g/mol. The monoisotopic (exact) mass is 538 g/mol. The Bertz CT molecular complexity index is 909. The van der Waals surface area contributed by atoms with Gasteiger partial charge in [0.1, 0.15) is 4.99 Å². The van der Waals surface area contributed by atoms with Crippen molar-refractivity contribution in [2.75, 3.05) is 32.1 Å². The molecule has 3 rings (SSSR count). The van der Waals surface area contributed by atoms with Gasteiger partial charge in [0.2, 0.25) is 0 Å². The smallest absolute Gasteiger partial charge is 0.262 e. The van der Waals surface area contributed by atoms with Crippen molar-refractivity contribution in [3.05, 3.63) is 51.1 Å². The number of halogens is 1. The van der Waals surface area contributed by atoms with E-state index in [1.807, 2.05) is 43.3 Å². The summed E-state index contributed by atoms with van der Waals surface area (Å²) in [6.45, 7) is 6.15. The highest BCUT2D eigenvalue weighted by molar-refractivity contribution is 14.1. The van der Waals surface area contributed by atoms with Crippen LogP contribution < -0.4 is 14.8 Å². The van der Waals surface area contributed by atoms with Gasteiger partial charge < -0.3 is 19.7 Å². The van der Waals surface area contributed by atoms with Crippen molar-refractivity contribution < 1.29 is 14.3 Å². The Labute approximate surface area is 197 Å². The van der Waals surface area contributed by atoms with Gasteiger partial charge in [-0.05, 0) is 72.5 Å². The average molecular weight is 538 g/mol. The summed E-state index contributed by atoms with van der Waals surface area (Å²) in [5, 5.41) is 2.84. The summed E-state index contributed by atoms with van der Waals surface area (Å²) in [7, 11) is 1.60. The molecule has 1 amide bonds. The Hall–Kier alpha value is -1.87. The first-order valence-corrected chi connectivity index (χ1v) is 11.5. The van der Waals surface area contributed by atoms with Gasteiger partial charge in [0.15, 0.2) is 18.1 Å². The summed E-state index contributed by atoms with van der Waals surface area (Å²) in [4.78, 5) is 15.4. The Balaban J connectivity index is 1.67. The minimum Gasteiger partial charge on any atom is -0.493 e. The molecule has 1 saturated heterocycles. The van der Waals surface area contributed by atoms with E-state index in [0.717, 1.165) is 57.2 Å². The fraction of sp³-hybridized carbons (Fsp3) is 0.391. The standard InChI is InChI=1S/C23H27IN2O3S/c1-15-4-6-18(7-5-15)25-21(27)14-29-22-19(24)12-17(13-20(22)28-3)23(30)26-10-8-16(2)9-11-26/h4-7,12-13,16H,8-11,14H2,1-3H3,(H,25,27). The fourth-order valence-electron chi connectivity index (χ4n) is 3.35. The molecule has 0 saturated carbocycles. The van der Waals surface area contributed by atoms with Crippen LogP contribution in [-0.4, -0.2) is 42.6 Å². The fourth-order valence-corrected chi connectivity index (χ4v) is 4.41. The molecule has 1 fully saturated rings. The highest BCUT2D eigenvalue weighted by atomic mass is 127. The van der Waals surface area contributed by atoms with Gasteiger partial charge in [-0.3, -0.25) is 4.79 Å². The van der Waals surface area contributed by atoms with Gasteiger partial charge in [0.05, 0.1) is 10.7 Å². The van der Waals surface area contributed by atoms with Crippen LogP contribution in [0.15, 0.2) is 36.4 Å². The summed E-state index contributed by atoms with van der Waals surface area (Å²) < 4.78 is 12.2. The third-order valence-electron chi connectivity index (χ3n) is 5.23. The van der Waals surface area contributed by atoms with E-state index in [0.29, 0.717) is 11.5 Å². The summed E-state index contributed by atoms with van der Waals surface area (Å²) >= 11 is 7.94. The van der Waals surface area contributed by atoms with Crippen LogP contribution in [0.5, 0.6) is 11.5 Å². The van der Waals surface area contributed by atoms with Gasteiger partial charge >= 0.3 is 0 Å². The lowest BCUT2D eigenvalue weighted by Crippen LogP contribution is -2.37. The van der Waals surface area contributed by atoms with Crippen LogP contribution in [0.3, 0.4) is 0 Å². The molecule has 1 heterocycles. The summed E-state index contributed by atoms with van der Waals surface area (Å²) in [6, 6.07) is 11.5. The van der Waals surface area contributed by atoms with Crippen LogP contribution in [0.25, 0.3) is 0 Å². The number of carbonyl (C=O) groups excluding carboxylic acids is 1. The summed E-state index contributed by atoms with van der Waals surface area (Å²) in [5.74, 6) is 1.66. The van der Waals surface area contributed by atoms with Crippen LogP contribution in [0.2, 0.25) is 0 Å². The number of benzene rings is 2. The number of carbonyl (C=O) groups is 1. The van der Waals surface area contributed by atoms with E-state index in [1.165, 1.54) is 0 Å². The molecule has 7 heteroatoms. The molecule has 5 nitrogen and oxygen atoms in total. The Morgan fingerprint density at radius 3 is 2.53 bits per heavy atom. The highest BCUT2D eigenvalue weighted by Crippen LogP contribution is 2.35. The lowest BCUT2D eigenvalue weighted by Gasteiger charge is -2.32. The molecule has 0 unspecified atom stereocenters. The second-order valence-electron chi connectivity index (χ2n) is 7.67. The lowest BCUT2D eigenvalue weighted by molar-refractivity contribution is -0.118. The first-order chi connectivity index (χ1) is 14.4. The number of likely N-dealkylation sites (tertiary alicyclic amines) is 1. The Morgan fingerprint density at radius 2 is 1.90 bits per heavy atom. The molecule has 0 spiro atoms. The number of aryl methyl sites for hydroxylation is 1. The molecular formula is C23H27IN2O3S. The average Bonchev–Trinajstić information content (AvgIpc) is 2.74. The number of thiocarbonyl (C=S) groups is 1. The third kappa shape index (κ3) is 5.85. The highest BCUT2D eigenvalue weighted by Gasteiger charge is 2.21. The quantitative estimate of drug-likeness (QED) is 0.413. The maximum Gasteiger partial charge on any atom is 0.262 e. The van der Waals surface area contributed by atoms with Crippen LogP contribution in [0.4, 0.5) is 5.69 Å². The lowest BCUT2D eigenvalue weighted by atomic mass is 9.99. The molecule has 2 aromatic carbocycles. The van der Waals surface area contributed by atoms with E-state index in [1.54, 1.807) is 7.11 Å². The minimum absolute atomic E-state index is 0.103. The number of amides is 1. The van der Waals surface area contributed by atoms with Crippen molar-refractivity contribution in [1.82, 2.24) is 4.90 Å². The van der Waals surface area contributed by atoms with E-state index < -0.39 is 0 Å². The predicted molar refractivity (Wildman–Crippen MR) is 133 cm³/mol. The van der Waals surface area contributed by atoms with Crippen molar-refractivity contribution in [3.63, 3.8) is 0 Å². The van der Waals surface area contributed by atoms with Gasteiger partial charge in [-0.25, -0.2) is 0 Å². The molecule has 1 aliphatic heterocycles.